The van der Waals surface area contributed by atoms with E-state index in [2.05, 4.69) is 0 Å². The molecule has 0 rings (SSSR count). The monoisotopic (exact) mass is 314 g/mol. The fourth-order valence-corrected chi connectivity index (χ4v) is 1.91. The minimum Gasteiger partial charge on any atom is -0.388 e. The number of unbranched alkanes of at least 4 members (excludes halogenated alkanes) is 1. The van der Waals surface area contributed by atoms with Crippen molar-refractivity contribution in [1.82, 2.24) is 0 Å². The first-order chi connectivity index (χ1) is 9.16. The highest BCUT2D eigenvalue weighted by Crippen LogP contribution is 2.43. The van der Waals surface area contributed by atoms with Crippen LogP contribution in [0.2, 0.25) is 0 Å². The van der Waals surface area contributed by atoms with Gasteiger partial charge in [0.2, 0.25) is 0 Å². The lowest BCUT2D eigenvalue weighted by Gasteiger charge is -2.24. The van der Waals surface area contributed by atoms with Crippen LogP contribution in [0.1, 0.15) is 19.8 Å². The van der Waals surface area contributed by atoms with Gasteiger partial charge in [-0.15, -0.1) is 0 Å². The molecule has 0 aliphatic rings. The van der Waals surface area contributed by atoms with E-state index < -0.39 is 13.9 Å². The van der Waals surface area contributed by atoms with Crippen molar-refractivity contribution in [3.63, 3.8) is 0 Å². The minimum absolute atomic E-state index is 0.0822. The Kier molecular flexibility index (Phi) is 9.84. The summed E-state index contributed by atoms with van der Waals surface area (Å²) >= 11 is 0. The molecular weight excluding hydrogens is 285 g/mol. The molecule has 0 aromatic heterocycles. The van der Waals surface area contributed by atoms with Gasteiger partial charge in [0.05, 0.1) is 34.4 Å². The normalized spacial score (nSPS) is 16.9. The first-order valence-electron chi connectivity index (χ1n) is 6.84. The Labute approximate surface area is 121 Å². The van der Waals surface area contributed by atoms with Gasteiger partial charge in [-0.1, -0.05) is 13.3 Å². The molecule has 0 aliphatic heterocycles. The van der Waals surface area contributed by atoms with Crippen LogP contribution in [-0.4, -0.2) is 74.7 Å². The van der Waals surface area contributed by atoms with Crippen molar-refractivity contribution in [2.45, 2.75) is 25.9 Å². The van der Waals surface area contributed by atoms with E-state index in [9.17, 15) is 14.6 Å². The number of hydrogen-bond acceptors (Lipinski definition) is 5. The number of rotatable bonds is 12. The van der Waals surface area contributed by atoms with E-state index in [1.807, 2.05) is 28.1 Å². The molecule has 0 saturated heterocycles. The van der Waals surface area contributed by atoms with E-state index in [0.717, 1.165) is 12.8 Å². The maximum Gasteiger partial charge on any atom is 0.472 e. The van der Waals surface area contributed by atoms with Gasteiger partial charge in [0.25, 0.3) is 0 Å². The number of aliphatic hydroxyl groups excluding tert-OH is 1. The van der Waals surface area contributed by atoms with Gasteiger partial charge >= 0.3 is 7.82 Å². The Morgan fingerprint density at radius 1 is 1.15 bits per heavy atom. The molecule has 0 spiro atoms. The summed E-state index contributed by atoms with van der Waals surface area (Å²) in [5, 5.41) is 9.53. The molecule has 2 atom stereocenters. The van der Waals surface area contributed by atoms with E-state index >= 15 is 0 Å². The number of likely N-dealkylation sites (N-methyl/N-ethyl adjacent to an activating group) is 1. The van der Waals surface area contributed by atoms with Crippen molar-refractivity contribution in [3.8, 4) is 0 Å². The third-order valence-electron chi connectivity index (χ3n) is 2.40. The summed E-state index contributed by atoms with van der Waals surface area (Å²) in [6.07, 6.45) is 0.994. The fraction of sp³-hybridized carbons (Fsp3) is 1.00. The number of nitrogens with zero attached hydrogens (tertiary/aromatic N) is 1. The highest BCUT2D eigenvalue weighted by Gasteiger charge is 2.23. The number of phosphoric acid groups is 1. The molecule has 0 aromatic rings. The summed E-state index contributed by atoms with van der Waals surface area (Å²) in [5.74, 6) is 0. The van der Waals surface area contributed by atoms with Crippen LogP contribution in [0, 0.1) is 0 Å². The zero-order valence-electron chi connectivity index (χ0n) is 12.9. The molecule has 0 fully saturated rings. The van der Waals surface area contributed by atoms with Crippen molar-refractivity contribution >= 4 is 7.82 Å². The number of hydrogen-bond donors (Lipinski definition) is 2. The zero-order chi connectivity index (χ0) is 15.6. The van der Waals surface area contributed by atoms with Crippen molar-refractivity contribution in [2.24, 2.45) is 0 Å². The first kappa shape index (κ1) is 20.0. The third-order valence-corrected chi connectivity index (χ3v) is 3.38. The molecule has 0 saturated carbocycles. The van der Waals surface area contributed by atoms with E-state index in [-0.39, 0.29) is 19.8 Å². The van der Waals surface area contributed by atoms with Gasteiger partial charge in [-0.3, -0.25) is 9.05 Å². The molecule has 0 bridgehead atoms. The summed E-state index contributed by atoms with van der Waals surface area (Å²) in [4.78, 5) is 9.42. The Balaban J connectivity index is 3.77. The summed E-state index contributed by atoms with van der Waals surface area (Å²) in [6, 6.07) is 0. The minimum atomic E-state index is -4.10. The maximum absolute atomic E-state index is 11.5. The Morgan fingerprint density at radius 2 is 1.80 bits per heavy atom. The van der Waals surface area contributed by atoms with Crippen LogP contribution in [0.3, 0.4) is 0 Å². The van der Waals surface area contributed by atoms with Gasteiger partial charge in [0.15, 0.2) is 0 Å². The molecular formula is C12H29NO6P+. The standard InChI is InChI=1S/C12H28NO6P/c1-5-6-8-17-10-12(14)11-19-20(15,16)18-9-7-13(2,3)4/h12,14H,5-11H2,1-4H3/p+1. The summed E-state index contributed by atoms with van der Waals surface area (Å²) in [7, 11) is 1.74. The van der Waals surface area contributed by atoms with Crippen LogP contribution in [0.5, 0.6) is 0 Å². The Hall–Kier alpha value is -0.0100. The van der Waals surface area contributed by atoms with Crippen LogP contribution in [0.15, 0.2) is 0 Å². The van der Waals surface area contributed by atoms with Gasteiger partial charge in [-0.05, 0) is 6.42 Å². The van der Waals surface area contributed by atoms with Gasteiger partial charge in [0.1, 0.15) is 19.3 Å². The Bertz CT molecular complexity index is 294. The lowest BCUT2D eigenvalue weighted by molar-refractivity contribution is -0.870. The first-order valence-corrected chi connectivity index (χ1v) is 8.34. The van der Waals surface area contributed by atoms with Gasteiger partial charge in [-0.25, -0.2) is 4.57 Å². The second kappa shape index (κ2) is 9.84. The molecule has 20 heavy (non-hydrogen) atoms. The smallest absolute Gasteiger partial charge is 0.388 e. The quantitative estimate of drug-likeness (QED) is 0.318. The number of quaternary nitrogens is 1. The third kappa shape index (κ3) is 13.0. The van der Waals surface area contributed by atoms with Crippen molar-refractivity contribution < 1.29 is 32.8 Å². The average Bonchev–Trinajstić information content (AvgIpc) is 2.30. The van der Waals surface area contributed by atoms with Crippen LogP contribution in [0.25, 0.3) is 0 Å². The summed E-state index contributed by atoms with van der Waals surface area (Å²) in [5.41, 5.74) is 0. The molecule has 0 aromatic carbocycles. The summed E-state index contributed by atoms with van der Waals surface area (Å²) in [6.45, 7) is 3.09. The van der Waals surface area contributed by atoms with E-state index in [4.69, 9.17) is 13.8 Å². The molecule has 0 heterocycles. The van der Waals surface area contributed by atoms with Gasteiger partial charge < -0.3 is 19.2 Å². The van der Waals surface area contributed by atoms with E-state index in [1.54, 1.807) is 0 Å². The van der Waals surface area contributed by atoms with E-state index in [0.29, 0.717) is 17.6 Å². The van der Waals surface area contributed by atoms with Crippen molar-refractivity contribution in [1.29, 1.82) is 0 Å². The molecule has 122 valence electrons. The van der Waals surface area contributed by atoms with Crippen LogP contribution >= 0.6 is 7.82 Å². The number of ether oxygens (including phenoxy) is 1. The van der Waals surface area contributed by atoms with Crippen LogP contribution in [-0.2, 0) is 18.3 Å². The fourth-order valence-electron chi connectivity index (χ4n) is 1.16. The van der Waals surface area contributed by atoms with Gasteiger partial charge in [-0.2, -0.15) is 0 Å². The number of phosphoric ester groups is 1. The second-order valence-electron chi connectivity index (χ2n) is 5.69. The topological polar surface area (TPSA) is 85.2 Å². The molecule has 0 aliphatic carbocycles. The second-order valence-corrected chi connectivity index (χ2v) is 7.15. The largest absolute Gasteiger partial charge is 0.472 e. The molecule has 2 unspecified atom stereocenters. The van der Waals surface area contributed by atoms with Crippen molar-refractivity contribution in [3.05, 3.63) is 0 Å². The lowest BCUT2D eigenvalue weighted by Crippen LogP contribution is -2.37. The number of aliphatic hydroxyl groups is 1. The highest BCUT2D eigenvalue weighted by molar-refractivity contribution is 7.47. The predicted molar refractivity (Wildman–Crippen MR) is 76.4 cm³/mol. The molecule has 7 nitrogen and oxygen atoms in total. The van der Waals surface area contributed by atoms with Crippen molar-refractivity contribution in [2.75, 3.05) is 54.1 Å². The SMILES string of the molecule is CCCCOCC(O)COP(=O)(O)OCC[N+](C)(C)C. The van der Waals surface area contributed by atoms with E-state index in [1.165, 1.54) is 0 Å². The summed E-state index contributed by atoms with van der Waals surface area (Å²) < 4.78 is 26.9. The molecule has 0 radical (unpaired) electrons. The maximum atomic E-state index is 11.5. The van der Waals surface area contributed by atoms with Crippen LogP contribution < -0.4 is 0 Å². The Morgan fingerprint density at radius 3 is 2.35 bits per heavy atom. The highest BCUT2D eigenvalue weighted by atomic mass is 31.2. The zero-order valence-corrected chi connectivity index (χ0v) is 13.8. The van der Waals surface area contributed by atoms with Crippen LogP contribution in [0.4, 0.5) is 0 Å². The lowest BCUT2D eigenvalue weighted by atomic mass is 10.3. The average molecular weight is 314 g/mol. The van der Waals surface area contributed by atoms with Gasteiger partial charge in [0, 0.05) is 6.61 Å². The molecule has 8 heteroatoms. The molecule has 2 N–H and O–H groups in total. The molecule has 0 amide bonds. The predicted octanol–water partition coefficient (Wildman–Crippen LogP) is 1.00.